The van der Waals surface area contributed by atoms with Gasteiger partial charge in [-0.25, -0.2) is 0 Å². The number of hydrogen-bond acceptors (Lipinski definition) is 4. The van der Waals surface area contributed by atoms with E-state index in [1.165, 1.54) is 17.4 Å². The number of likely N-dealkylation sites (tertiary alicyclic amines) is 1. The summed E-state index contributed by atoms with van der Waals surface area (Å²) in [6.07, 6.45) is 1.50. The van der Waals surface area contributed by atoms with Crippen LogP contribution in [0.3, 0.4) is 0 Å². The molecule has 0 radical (unpaired) electrons. The number of nitrogens with zero attached hydrogens (tertiary/aromatic N) is 1. The summed E-state index contributed by atoms with van der Waals surface area (Å²) in [5.74, 6) is -0.564. The second-order valence-electron chi connectivity index (χ2n) is 3.15. The van der Waals surface area contributed by atoms with Crippen LogP contribution < -0.4 is 16.8 Å². The first kappa shape index (κ1) is 23.9. The molecular weight excluding hydrogens is 276 g/mol. The third-order valence-corrected chi connectivity index (χ3v) is 2.40. The number of rotatable bonds is 4. The molecule has 2 amide bonds. The van der Waals surface area contributed by atoms with E-state index in [1.807, 2.05) is 27.7 Å². The maximum Gasteiger partial charge on any atom is 0.242 e. The van der Waals surface area contributed by atoms with Crippen LogP contribution in [-0.4, -0.2) is 48.4 Å². The van der Waals surface area contributed by atoms with Crippen LogP contribution in [0.4, 0.5) is 0 Å². The van der Waals surface area contributed by atoms with Gasteiger partial charge in [0.05, 0.1) is 12.0 Å². The molecule has 0 aromatic rings. The van der Waals surface area contributed by atoms with Crippen molar-refractivity contribution in [2.75, 3.05) is 20.1 Å². The maximum absolute atomic E-state index is 11.5. The smallest absolute Gasteiger partial charge is 0.242 e. The van der Waals surface area contributed by atoms with Crippen LogP contribution >= 0.6 is 12.2 Å². The Balaban J connectivity index is -0.000000425. The number of primary amides is 1. The second-order valence-corrected chi connectivity index (χ2v) is 3.38. The largest absolute Gasteiger partial charge is 0.373 e. The summed E-state index contributed by atoms with van der Waals surface area (Å²) in [6, 6.07) is -0.436. The molecule has 0 aromatic carbocycles. The zero-order valence-electron chi connectivity index (χ0n) is 13.3. The van der Waals surface area contributed by atoms with Gasteiger partial charge >= 0.3 is 0 Å². The van der Waals surface area contributed by atoms with E-state index in [0.29, 0.717) is 13.0 Å². The number of carbonyl (C=O) groups is 2. The van der Waals surface area contributed by atoms with Crippen LogP contribution in [0, 0.1) is 0 Å². The van der Waals surface area contributed by atoms with Gasteiger partial charge in [-0.2, -0.15) is 0 Å². The number of thiocarbonyl (C=S) groups is 1. The zero-order chi connectivity index (χ0) is 16.6. The van der Waals surface area contributed by atoms with Crippen molar-refractivity contribution in [2.24, 2.45) is 11.5 Å². The minimum Gasteiger partial charge on any atom is -0.373 e. The van der Waals surface area contributed by atoms with Gasteiger partial charge in [0.25, 0.3) is 0 Å². The molecule has 20 heavy (non-hydrogen) atoms. The van der Waals surface area contributed by atoms with Crippen molar-refractivity contribution in [3.8, 4) is 0 Å². The lowest BCUT2D eigenvalue weighted by molar-refractivity contribution is -0.136. The van der Waals surface area contributed by atoms with Gasteiger partial charge in [-0.1, -0.05) is 39.9 Å². The Bertz CT molecular complexity index is 263. The third-order valence-electron chi connectivity index (χ3n) is 2.24. The highest BCUT2D eigenvalue weighted by atomic mass is 32.1. The normalized spacial score (nSPS) is 15.3. The van der Waals surface area contributed by atoms with Gasteiger partial charge in [0, 0.05) is 6.54 Å². The lowest BCUT2D eigenvalue weighted by Crippen LogP contribution is -2.46. The Labute approximate surface area is 128 Å². The van der Waals surface area contributed by atoms with Crippen molar-refractivity contribution in [2.45, 2.75) is 46.6 Å². The first-order valence-electron chi connectivity index (χ1n) is 7.00. The molecule has 6 nitrogen and oxygen atoms in total. The standard InChI is InChI=1S/C8H13N3O2S.2C2H6.CH5N/c9-8(13)6-2-1-3-11(6)7(12)4-10-5-14;3*1-2/h5-6H,1-4H2,(H2,9,13)(H,10,14);2*1-2H3;2H2,1H3/t6-;;;/m0.../s1. The van der Waals surface area contributed by atoms with E-state index in [9.17, 15) is 9.59 Å². The van der Waals surface area contributed by atoms with Crippen molar-refractivity contribution < 1.29 is 9.59 Å². The zero-order valence-corrected chi connectivity index (χ0v) is 14.1. The summed E-state index contributed by atoms with van der Waals surface area (Å²) in [5.41, 5.74) is 11.0. The Morgan fingerprint density at radius 3 is 2.20 bits per heavy atom. The molecule has 5 N–H and O–H groups in total. The molecule has 120 valence electrons. The number of carbonyl (C=O) groups excluding carboxylic acids is 2. The topological polar surface area (TPSA) is 101 Å². The van der Waals surface area contributed by atoms with Crippen molar-refractivity contribution >= 4 is 29.5 Å². The monoisotopic (exact) mass is 306 g/mol. The summed E-state index contributed by atoms with van der Waals surface area (Å²) >= 11 is 4.53. The van der Waals surface area contributed by atoms with Crippen LogP contribution in [0.2, 0.25) is 0 Å². The second kappa shape index (κ2) is 17.8. The van der Waals surface area contributed by atoms with E-state index in [1.54, 1.807) is 0 Å². The lowest BCUT2D eigenvalue weighted by atomic mass is 10.2. The lowest BCUT2D eigenvalue weighted by Gasteiger charge is -2.21. The van der Waals surface area contributed by atoms with Crippen molar-refractivity contribution in [1.82, 2.24) is 10.2 Å². The summed E-state index contributed by atoms with van der Waals surface area (Å²) in [4.78, 5) is 24.0. The molecule has 0 unspecified atom stereocenters. The minimum absolute atomic E-state index is 0.132. The molecule has 1 atom stereocenters. The van der Waals surface area contributed by atoms with Gasteiger partial charge in [-0.3, -0.25) is 9.59 Å². The van der Waals surface area contributed by atoms with Gasteiger partial charge < -0.3 is 21.7 Å². The van der Waals surface area contributed by atoms with Crippen molar-refractivity contribution in [1.29, 1.82) is 0 Å². The van der Waals surface area contributed by atoms with E-state index in [2.05, 4.69) is 23.3 Å². The molecule has 1 aliphatic heterocycles. The first-order valence-corrected chi connectivity index (χ1v) is 7.47. The Hall–Kier alpha value is -1.21. The molecule has 1 aliphatic rings. The highest BCUT2D eigenvalue weighted by Gasteiger charge is 2.31. The van der Waals surface area contributed by atoms with Crippen LogP contribution in [-0.2, 0) is 9.59 Å². The van der Waals surface area contributed by atoms with Crippen LogP contribution in [0.1, 0.15) is 40.5 Å². The Kier molecular flexibility index (Phi) is 21.2. The first-order chi connectivity index (χ1) is 9.66. The fraction of sp³-hybridized carbons (Fsp3) is 0.769. The van der Waals surface area contributed by atoms with Gasteiger partial charge in [-0.15, -0.1) is 0 Å². The Morgan fingerprint density at radius 2 is 1.80 bits per heavy atom. The SMILES string of the molecule is CC.CC.CN.NC(=O)[C@@H]1CCCN1C(=O)CNC=S. The quantitative estimate of drug-likeness (QED) is 0.662. The van der Waals surface area contributed by atoms with Crippen LogP contribution in [0.25, 0.3) is 0 Å². The van der Waals surface area contributed by atoms with E-state index >= 15 is 0 Å². The van der Waals surface area contributed by atoms with Gasteiger partial charge in [0.1, 0.15) is 6.04 Å². The number of hydrogen-bond donors (Lipinski definition) is 3. The molecular formula is C13H30N4O2S. The van der Waals surface area contributed by atoms with Gasteiger partial charge in [0.2, 0.25) is 11.8 Å². The van der Waals surface area contributed by atoms with E-state index in [4.69, 9.17) is 5.73 Å². The average Bonchev–Trinajstić information content (AvgIpc) is 3.01. The highest BCUT2D eigenvalue weighted by molar-refractivity contribution is 7.78. The van der Waals surface area contributed by atoms with Crippen LogP contribution in [0.15, 0.2) is 0 Å². The summed E-state index contributed by atoms with van der Waals surface area (Å²) in [7, 11) is 1.50. The van der Waals surface area contributed by atoms with Crippen molar-refractivity contribution in [3.63, 3.8) is 0 Å². The number of nitrogens with two attached hydrogens (primary N) is 2. The van der Waals surface area contributed by atoms with Crippen molar-refractivity contribution in [3.05, 3.63) is 0 Å². The number of nitrogens with one attached hydrogen (secondary N) is 1. The average molecular weight is 306 g/mol. The predicted molar refractivity (Wildman–Crippen MR) is 88.4 cm³/mol. The van der Waals surface area contributed by atoms with E-state index < -0.39 is 11.9 Å². The molecule has 0 bridgehead atoms. The molecule has 1 fully saturated rings. The predicted octanol–water partition coefficient (Wildman–Crippen LogP) is 0.637. The summed E-state index contributed by atoms with van der Waals surface area (Å²) in [5, 5.41) is 2.63. The fourth-order valence-corrected chi connectivity index (χ4v) is 1.67. The highest BCUT2D eigenvalue weighted by Crippen LogP contribution is 2.16. The molecule has 7 heteroatoms. The summed E-state index contributed by atoms with van der Waals surface area (Å²) < 4.78 is 0. The van der Waals surface area contributed by atoms with Gasteiger partial charge in [0.15, 0.2) is 0 Å². The fourth-order valence-electron chi connectivity index (χ4n) is 1.59. The van der Waals surface area contributed by atoms with Crippen LogP contribution in [0.5, 0.6) is 0 Å². The van der Waals surface area contributed by atoms with E-state index in [-0.39, 0.29) is 12.5 Å². The Morgan fingerprint density at radius 1 is 1.30 bits per heavy atom. The molecule has 0 aromatic heterocycles. The molecule has 0 aliphatic carbocycles. The minimum atomic E-state index is -0.436. The van der Waals surface area contributed by atoms with E-state index in [0.717, 1.165) is 6.42 Å². The number of amides is 2. The molecule has 0 saturated carbocycles. The molecule has 0 spiro atoms. The third kappa shape index (κ3) is 9.69. The molecule has 1 saturated heterocycles. The molecule has 1 rings (SSSR count). The van der Waals surface area contributed by atoms with Gasteiger partial charge in [-0.05, 0) is 19.9 Å². The maximum atomic E-state index is 11.5. The summed E-state index contributed by atoms with van der Waals surface area (Å²) in [6.45, 7) is 8.73. The molecule has 1 heterocycles.